The average Bonchev–Trinajstić information content (AvgIpc) is 2.39. The molecule has 106 valence electrons. The summed E-state index contributed by atoms with van der Waals surface area (Å²) in [6.45, 7) is 6.29. The summed E-state index contributed by atoms with van der Waals surface area (Å²) in [7, 11) is 0. The fourth-order valence-electron chi connectivity index (χ4n) is 1.95. The lowest BCUT2D eigenvalue weighted by molar-refractivity contribution is -0.127. The molecule has 1 aromatic carbocycles. The third-order valence-corrected chi connectivity index (χ3v) is 3.07. The van der Waals surface area contributed by atoms with Crippen LogP contribution in [0.1, 0.15) is 26.3 Å². The highest BCUT2D eigenvalue weighted by molar-refractivity contribution is 5.85. The minimum Gasteiger partial charge on any atom is -0.394 e. The molecule has 0 radical (unpaired) electrons. The Labute approximate surface area is 115 Å². The van der Waals surface area contributed by atoms with E-state index in [1.807, 2.05) is 51.1 Å². The predicted molar refractivity (Wildman–Crippen MR) is 76.9 cm³/mol. The normalized spacial score (nSPS) is 13.1. The van der Waals surface area contributed by atoms with Crippen LogP contribution in [0.5, 0.6) is 0 Å². The Kier molecular flexibility index (Phi) is 5.99. The Bertz CT molecular complexity index is 390. The maximum Gasteiger partial charge on any atom is 0.240 e. The molecule has 1 amide bonds. The number of nitrogens with one attached hydrogen (secondary N) is 2. The lowest BCUT2D eigenvalue weighted by atomic mass is 10.0. The van der Waals surface area contributed by atoms with Crippen molar-refractivity contribution in [3.8, 4) is 0 Å². The van der Waals surface area contributed by atoms with Crippen molar-refractivity contribution in [2.45, 2.75) is 38.8 Å². The molecule has 4 nitrogen and oxygen atoms in total. The van der Waals surface area contributed by atoms with Crippen molar-refractivity contribution in [3.63, 3.8) is 0 Å². The van der Waals surface area contributed by atoms with Crippen molar-refractivity contribution < 1.29 is 9.90 Å². The zero-order chi connectivity index (χ0) is 14.3. The van der Waals surface area contributed by atoms with Crippen molar-refractivity contribution in [2.24, 2.45) is 0 Å². The molecule has 0 heterocycles. The summed E-state index contributed by atoms with van der Waals surface area (Å²) in [5, 5.41) is 15.4. The van der Waals surface area contributed by atoms with Gasteiger partial charge in [-0.2, -0.15) is 0 Å². The standard InChI is InChI=1S/C15H24N2O2/c1-4-16-15(2,3)14(19)17-13(11-18)10-12-8-6-5-7-9-12/h5-9,13,16,18H,4,10-11H2,1-3H3,(H,17,19)/t13-/m1/s1. The number of aliphatic hydroxyl groups is 1. The van der Waals surface area contributed by atoms with E-state index in [4.69, 9.17) is 0 Å². The van der Waals surface area contributed by atoms with Crippen LogP contribution in [0.25, 0.3) is 0 Å². The lowest BCUT2D eigenvalue weighted by Gasteiger charge is -2.27. The molecular formula is C15H24N2O2. The summed E-state index contributed by atoms with van der Waals surface area (Å²) >= 11 is 0. The molecule has 1 aromatic rings. The molecule has 0 saturated heterocycles. The molecule has 19 heavy (non-hydrogen) atoms. The first kappa shape index (κ1) is 15.7. The maximum atomic E-state index is 12.1. The van der Waals surface area contributed by atoms with Gasteiger partial charge in [-0.25, -0.2) is 0 Å². The topological polar surface area (TPSA) is 61.4 Å². The largest absolute Gasteiger partial charge is 0.394 e. The minimum absolute atomic E-state index is 0.0666. The lowest BCUT2D eigenvalue weighted by Crippen LogP contribution is -2.55. The Morgan fingerprint density at radius 3 is 2.47 bits per heavy atom. The highest BCUT2D eigenvalue weighted by Gasteiger charge is 2.27. The first-order valence-electron chi connectivity index (χ1n) is 6.70. The van der Waals surface area contributed by atoms with E-state index < -0.39 is 5.54 Å². The second-order valence-corrected chi connectivity index (χ2v) is 5.20. The van der Waals surface area contributed by atoms with Gasteiger partial charge in [0.2, 0.25) is 5.91 Å². The van der Waals surface area contributed by atoms with E-state index in [0.717, 1.165) is 12.1 Å². The van der Waals surface area contributed by atoms with Gasteiger partial charge in [0.1, 0.15) is 0 Å². The predicted octanol–water partition coefficient (Wildman–Crippen LogP) is 1.09. The first-order chi connectivity index (χ1) is 8.99. The highest BCUT2D eigenvalue weighted by Crippen LogP contribution is 2.06. The van der Waals surface area contributed by atoms with Crippen LogP contribution >= 0.6 is 0 Å². The maximum absolute atomic E-state index is 12.1. The monoisotopic (exact) mass is 264 g/mol. The van der Waals surface area contributed by atoms with Crippen LogP contribution in [0.15, 0.2) is 30.3 Å². The number of amides is 1. The number of carbonyl (C=O) groups is 1. The molecular weight excluding hydrogens is 240 g/mol. The quantitative estimate of drug-likeness (QED) is 0.691. The summed E-state index contributed by atoms with van der Waals surface area (Å²) in [4.78, 5) is 12.1. The number of rotatable bonds is 7. The van der Waals surface area contributed by atoms with E-state index in [1.165, 1.54) is 0 Å². The van der Waals surface area contributed by atoms with Crippen molar-refractivity contribution in [2.75, 3.05) is 13.2 Å². The molecule has 0 fully saturated rings. The molecule has 0 saturated carbocycles. The number of likely N-dealkylation sites (N-methyl/N-ethyl adjacent to an activating group) is 1. The molecule has 3 N–H and O–H groups in total. The Morgan fingerprint density at radius 2 is 1.95 bits per heavy atom. The van der Waals surface area contributed by atoms with Crippen LogP contribution in [0.4, 0.5) is 0 Å². The summed E-state index contributed by atoms with van der Waals surface area (Å²) in [5.74, 6) is -0.0932. The van der Waals surface area contributed by atoms with Gasteiger partial charge in [-0.1, -0.05) is 37.3 Å². The fourth-order valence-corrected chi connectivity index (χ4v) is 1.95. The van der Waals surface area contributed by atoms with Crippen LogP contribution in [0.2, 0.25) is 0 Å². The summed E-state index contributed by atoms with van der Waals surface area (Å²) in [6.07, 6.45) is 0.630. The fraction of sp³-hybridized carbons (Fsp3) is 0.533. The number of aliphatic hydroxyl groups excluding tert-OH is 1. The van der Waals surface area contributed by atoms with E-state index in [1.54, 1.807) is 0 Å². The minimum atomic E-state index is -0.626. The van der Waals surface area contributed by atoms with Crippen LogP contribution in [0.3, 0.4) is 0 Å². The van der Waals surface area contributed by atoms with Gasteiger partial charge < -0.3 is 15.7 Å². The van der Waals surface area contributed by atoms with Gasteiger partial charge >= 0.3 is 0 Å². The third-order valence-electron chi connectivity index (χ3n) is 3.07. The van der Waals surface area contributed by atoms with Crippen molar-refractivity contribution in [1.29, 1.82) is 0 Å². The number of benzene rings is 1. The van der Waals surface area contributed by atoms with E-state index in [-0.39, 0.29) is 18.6 Å². The Morgan fingerprint density at radius 1 is 1.32 bits per heavy atom. The molecule has 0 spiro atoms. The van der Waals surface area contributed by atoms with Crippen LogP contribution in [-0.2, 0) is 11.2 Å². The smallest absolute Gasteiger partial charge is 0.240 e. The van der Waals surface area contributed by atoms with Crippen molar-refractivity contribution in [1.82, 2.24) is 10.6 Å². The summed E-state index contributed by atoms with van der Waals surface area (Å²) in [6, 6.07) is 9.58. The molecule has 1 atom stereocenters. The summed E-state index contributed by atoms with van der Waals surface area (Å²) in [5.41, 5.74) is 0.474. The summed E-state index contributed by atoms with van der Waals surface area (Å²) < 4.78 is 0. The Balaban J connectivity index is 2.60. The second-order valence-electron chi connectivity index (χ2n) is 5.20. The molecule has 0 aromatic heterocycles. The number of carbonyl (C=O) groups excluding carboxylic acids is 1. The van der Waals surface area contributed by atoms with Gasteiger partial charge in [-0.05, 0) is 32.4 Å². The first-order valence-corrected chi connectivity index (χ1v) is 6.70. The Hall–Kier alpha value is -1.39. The van der Waals surface area contributed by atoms with Gasteiger partial charge in [0.25, 0.3) is 0 Å². The van der Waals surface area contributed by atoms with E-state index >= 15 is 0 Å². The highest BCUT2D eigenvalue weighted by atomic mass is 16.3. The van der Waals surface area contributed by atoms with Crippen molar-refractivity contribution in [3.05, 3.63) is 35.9 Å². The van der Waals surface area contributed by atoms with E-state index in [9.17, 15) is 9.90 Å². The van der Waals surface area contributed by atoms with Crippen LogP contribution in [-0.4, -0.2) is 35.7 Å². The van der Waals surface area contributed by atoms with E-state index in [2.05, 4.69) is 10.6 Å². The molecule has 0 aliphatic rings. The van der Waals surface area contributed by atoms with Gasteiger partial charge in [-0.3, -0.25) is 4.79 Å². The molecule has 0 aliphatic heterocycles. The SMILES string of the molecule is CCNC(C)(C)C(=O)N[C@@H](CO)Cc1ccccc1. The third kappa shape index (κ3) is 5.01. The molecule has 1 rings (SSSR count). The van der Waals surface area contributed by atoms with Crippen LogP contribution < -0.4 is 10.6 Å². The molecule has 0 bridgehead atoms. The zero-order valence-electron chi connectivity index (χ0n) is 11.9. The average molecular weight is 264 g/mol. The second kappa shape index (κ2) is 7.26. The van der Waals surface area contributed by atoms with Crippen molar-refractivity contribution >= 4 is 5.91 Å². The van der Waals surface area contributed by atoms with Gasteiger partial charge in [-0.15, -0.1) is 0 Å². The van der Waals surface area contributed by atoms with Gasteiger partial charge in [0.05, 0.1) is 18.2 Å². The van der Waals surface area contributed by atoms with Gasteiger partial charge in [0.15, 0.2) is 0 Å². The number of hydrogen-bond acceptors (Lipinski definition) is 3. The van der Waals surface area contributed by atoms with Gasteiger partial charge in [0, 0.05) is 0 Å². The number of hydrogen-bond donors (Lipinski definition) is 3. The van der Waals surface area contributed by atoms with E-state index in [0.29, 0.717) is 6.42 Å². The zero-order valence-corrected chi connectivity index (χ0v) is 11.9. The molecule has 4 heteroatoms. The molecule has 0 unspecified atom stereocenters. The van der Waals surface area contributed by atoms with Crippen LogP contribution in [0, 0.1) is 0 Å². The molecule has 0 aliphatic carbocycles.